The van der Waals surface area contributed by atoms with E-state index >= 15 is 0 Å². The van der Waals surface area contributed by atoms with Crippen LogP contribution in [-0.2, 0) is 14.8 Å². The van der Waals surface area contributed by atoms with E-state index in [0.29, 0.717) is 22.9 Å². The second kappa shape index (κ2) is 5.82. The largest absolute Gasteiger partial charge is 0.303 e. The highest BCUT2D eigenvalue weighted by Gasteiger charge is 2.40. The Morgan fingerprint density at radius 2 is 1.92 bits per heavy atom. The van der Waals surface area contributed by atoms with Gasteiger partial charge in [-0.15, -0.1) is 0 Å². The first kappa shape index (κ1) is 16.6. The molecule has 0 N–H and O–H groups in total. The van der Waals surface area contributed by atoms with E-state index < -0.39 is 10.0 Å². The molecule has 4 rings (SSSR count). The third-order valence-corrected chi connectivity index (χ3v) is 6.61. The number of aldehydes is 1. The van der Waals surface area contributed by atoms with E-state index in [0.717, 1.165) is 17.4 Å². The number of hydrogen-bond donors (Lipinski definition) is 0. The van der Waals surface area contributed by atoms with Gasteiger partial charge >= 0.3 is 0 Å². The molecule has 0 spiro atoms. The van der Waals surface area contributed by atoms with Gasteiger partial charge < -0.3 is 4.79 Å². The zero-order valence-electron chi connectivity index (χ0n) is 14.1. The Labute approximate surface area is 151 Å². The molecule has 130 valence electrons. The number of aryl methyl sites for hydroxylation is 1. The predicted octanol–water partition coefficient (Wildman–Crippen LogP) is 3.36. The Bertz CT molecular complexity index is 1170. The highest BCUT2D eigenvalue weighted by Crippen LogP contribution is 2.49. The quantitative estimate of drug-likeness (QED) is 0.665. The summed E-state index contributed by atoms with van der Waals surface area (Å²) < 4.78 is 27.6. The number of carbonyl (C=O) groups excluding carboxylic acids is 1. The van der Waals surface area contributed by atoms with Gasteiger partial charge in [0.1, 0.15) is 6.29 Å². The van der Waals surface area contributed by atoms with Crippen LogP contribution in [0.2, 0.25) is 0 Å². The van der Waals surface area contributed by atoms with Crippen molar-refractivity contribution in [3.63, 3.8) is 0 Å². The lowest BCUT2D eigenvalue weighted by Crippen LogP contribution is -2.11. The normalized spacial score (nSPS) is 19.2. The minimum Gasteiger partial charge on any atom is -0.303 e. The molecule has 0 aliphatic heterocycles. The van der Waals surface area contributed by atoms with E-state index in [2.05, 4.69) is 6.07 Å². The van der Waals surface area contributed by atoms with Gasteiger partial charge in [0, 0.05) is 17.5 Å². The number of benzene rings is 2. The Kier molecular flexibility index (Phi) is 3.70. The molecule has 0 saturated heterocycles. The maximum absolute atomic E-state index is 13.1. The number of fused-ring (bicyclic) bond motifs is 1. The summed E-state index contributed by atoms with van der Waals surface area (Å²) in [6.07, 6.45) is 3.23. The average Bonchev–Trinajstić information content (AvgIpc) is 3.33. The van der Waals surface area contributed by atoms with Crippen molar-refractivity contribution in [1.82, 2.24) is 3.97 Å². The number of hydrogen-bond acceptors (Lipinski definition) is 4. The fourth-order valence-corrected chi connectivity index (χ4v) is 4.71. The molecule has 1 heterocycles. The lowest BCUT2D eigenvalue weighted by molar-refractivity contribution is -0.108. The highest BCUT2D eigenvalue weighted by atomic mass is 32.2. The smallest absolute Gasteiger partial charge is 0.268 e. The van der Waals surface area contributed by atoms with Gasteiger partial charge in [0.05, 0.1) is 22.0 Å². The third-order valence-electron chi connectivity index (χ3n) is 4.92. The van der Waals surface area contributed by atoms with Crippen LogP contribution >= 0.6 is 0 Å². The maximum Gasteiger partial charge on any atom is 0.268 e. The van der Waals surface area contributed by atoms with Crippen LogP contribution in [0.3, 0.4) is 0 Å². The Morgan fingerprint density at radius 1 is 1.19 bits per heavy atom. The number of carbonyl (C=O) groups is 1. The summed E-state index contributed by atoms with van der Waals surface area (Å²) in [6.45, 7) is 1.90. The van der Waals surface area contributed by atoms with E-state index in [1.54, 1.807) is 48.7 Å². The first-order chi connectivity index (χ1) is 12.5. The van der Waals surface area contributed by atoms with E-state index in [-0.39, 0.29) is 16.7 Å². The molecular weight excluding hydrogens is 348 g/mol. The zero-order chi connectivity index (χ0) is 18.5. The molecule has 0 amide bonds. The highest BCUT2D eigenvalue weighted by molar-refractivity contribution is 7.90. The van der Waals surface area contributed by atoms with Crippen molar-refractivity contribution < 1.29 is 13.2 Å². The van der Waals surface area contributed by atoms with E-state index in [1.165, 1.54) is 3.97 Å². The van der Waals surface area contributed by atoms with Crippen LogP contribution in [0.5, 0.6) is 0 Å². The second-order valence-electron chi connectivity index (χ2n) is 6.68. The van der Waals surface area contributed by atoms with Crippen LogP contribution in [0.15, 0.2) is 53.6 Å². The molecule has 26 heavy (non-hydrogen) atoms. The minimum atomic E-state index is -3.77. The van der Waals surface area contributed by atoms with Crippen molar-refractivity contribution in [3.8, 4) is 6.07 Å². The van der Waals surface area contributed by atoms with Gasteiger partial charge in [0.25, 0.3) is 10.0 Å². The number of aromatic nitrogens is 1. The molecule has 6 heteroatoms. The summed E-state index contributed by atoms with van der Waals surface area (Å²) in [5.74, 6) is -0.0692. The van der Waals surface area contributed by atoms with Crippen LogP contribution < -0.4 is 0 Å². The Morgan fingerprint density at radius 3 is 2.54 bits per heavy atom. The van der Waals surface area contributed by atoms with Gasteiger partial charge in [-0.25, -0.2) is 12.4 Å². The summed E-state index contributed by atoms with van der Waals surface area (Å²) in [6, 6.07) is 13.7. The van der Waals surface area contributed by atoms with Crippen molar-refractivity contribution in [2.24, 2.45) is 5.92 Å². The fraction of sp³-hybridized carbons (Fsp3) is 0.200. The molecule has 2 atom stereocenters. The van der Waals surface area contributed by atoms with Gasteiger partial charge in [-0.2, -0.15) is 5.26 Å². The summed E-state index contributed by atoms with van der Waals surface area (Å²) in [5, 5.41) is 9.90. The first-order valence-electron chi connectivity index (χ1n) is 8.28. The van der Waals surface area contributed by atoms with Gasteiger partial charge in [0.2, 0.25) is 0 Å². The molecule has 1 aromatic heterocycles. The average molecular weight is 364 g/mol. The second-order valence-corrected chi connectivity index (χ2v) is 8.50. The van der Waals surface area contributed by atoms with Crippen molar-refractivity contribution in [2.45, 2.75) is 24.2 Å². The van der Waals surface area contributed by atoms with Crippen LogP contribution in [0.25, 0.3) is 10.9 Å². The Hall–Kier alpha value is -2.91. The lowest BCUT2D eigenvalue weighted by atomic mass is 10.1. The standard InChI is InChI=1S/C20H16N2O3S/c1-13-2-5-16(6-3-13)26(24,25)22-11-19(17-9-15(17)12-23)18-8-14(10-21)4-7-20(18)22/h2-8,11-12,15,17H,9H2,1H3/t15-,17+/m0/s1. The van der Waals surface area contributed by atoms with Gasteiger partial charge in [-0.1, -0.05) is 17.7 Å². The monoisotopic (exact) mass is 364 g/mol. The molecule has 0 bridgehead atoms. The van der Waals surface area contributed by atoms with Crippen molar-refractivity contribution in [1.29, 1.82) is 5.26 Å². The number of nitrogens with zero attached hydrogens (tertiary/aromatic N) is 2. The van der Waals surface area contributed by atoms with Gasteiger partial charge in [0.15, 0.2) is 0 Å². The maximum atomic E-state index is 13.1. The molecular formula is C20H16N2O3S. The molecule has 1 aliphatic rings. The molecule has 1 saturated carbocycles. The minimum absolute atomic E-state index is 0.0124. The summed E-state index contributed by atoms with van der Waals surface area (Å²) >= 11 is 0. The number of nitriles is 1. The summed E-state index contributed by atoms with van der Waals surface area (Å²) in [7, 11) is -3.77. The van der Waals surface area contributed by atoms with Crippen molar-refractivity contribution >= 4 is 27.2 Å². The molecule has 0 unspecified atom stereocenters. The van der Waals surface area contributed by atoms with E-state index in [9.17, 15) is 18.5 Å². The van der Waals surface area contributed by atoms with Crippen molar-refractivity contribution in [2.75, 3.05) is 0 Å². The topological polar surface area (TPSA) is 79.9 Å². The predicted molar refractivity (Wildman–Crippen MR) is 97.3 cm³/mol. The number of rotatable bonds is 4. The first-order valence-corrected chi connectivity index (χ1v) is 9.72. The van der Waals surface area contributed by atoms with Crippen LogP contribution in [-0.4, -0.2) is 18.7 Å². The molecule has 1 fully saturated rings. The zero-order valence-corrected chi connectivity index (χ0v) is 14.9. The molecule has 5 nitrogen and oxygen atoms in total. The SMILES string of the molecule is Cc1ccc(S(=O)(=O)n2cc([C@@H]3C[C@H]3C=O)c3cc(C#N)ccc32)cc1. The summed E-state index contributed by atoms with van der Waals surface area (Å²) in [5.41, 5.74) is 2.78. The Balaban J connectivity index is 1.94. The van der Waals surface area contributed by atoms with Gasteiger partial charge in [-0.3, -0.25) is 0 Å². The van der Waals surface area contributed by atoms with Gasteiger partial charge in [-0.05, 0) is 55.2 Å². The fourth-order valence-electron chi connectivity index (χ4n) is 3.34. The van der Waals surface area contributed by atoms with Crippen LogP contribution in [0.1, 0.15) is 29.0 Å². The summed E-state index contributed by atoms with van der Waals surface area (Å²) in [4.78, 5) is 11.3. The molecule has 3 aromatic rings. The van der Waals surface area contributed by atoms with E-state index in [1.807, 2.05) is 6.92 Å². The molecule has 2 aromatic carbocycles. The van der Waals surface area contributed by atoms with Crippen LogP contribution in [0, 0.1) is 24.2 Å². The molecule has 1 aliphatic carbocycles. The van der Waals surface area contributed by atoms with E-state index in [4.69, 9.17) is 0 Å². The third kappa shape index (κ3) is 2.52. The van der Waals surface area contributed by atoms with Crippen molar-refractivity contribution in [3.05, 3.63) is 65.4 Å². The lowest BCUT2D eigenvalue weighted by Gasteiger charge is -2.08. The van der Waals surface area contributed by atoms with Crippen LogP contribution in [0.4, 0.5) is 0 Å². The molecule has 0 radical (unpaired) electrons.